The van der Waals surface area contributed by atoms with Crippen LogP contribution >= 0.6 is 0 Å². The second-order valence-electron chi connectivity index (χ2n) is 16.3. The topological polar surface area (TPSA) is 355 Å². The molecule has 2 fully saturated rings. The molecule has 2 aromatic rings. The van der Waals surface area contributed by atoms with Crippen molar-refractivity contribution in [1.82, 2.24) is 9.97 Å². The molecule has 8 N–H and O–H groups in total. The van der Waals surface area contributed by atoms with E-state index in [4.69, 9.17) is 20.6 Å². The Morgan fingerprint density at radius 3 is 1.67 bits per heavy atom. The van der Waals surface area contributed by atoms with Gasteiger partial charge >= 0.3 is 64.8 Å². The fourth-order valence-corrected chi connectivity index (χ4v) is 9.22. The number of rotatable bonds is 20. The third-order valence-corrected chi connectivity index (χ3v) is 12.1. The molecule has 8 bridgehead atoms. The zero-order valence-corrected chi connectivity index (χ0v) is 35.2. The zero-order valence-electron chi connectivity index (χ0n) is 34.1. The fourth-order valence-electron chi connectivity index (χ4n) is 9.22. The van der Waals surface area contributed by atoms with Crippen LogP contribution in [0.1, 0.15) is 98.9 Å². The quantitative estimate of drug-likeness (QED) is 0.0882. The molecule has 1 unspecified atom stereocenters. The van der Waals surface area contributed by atoms with Crippen LogP contribution in [0, 0.1) is 22.7 Å². The third kappa shape index (κ3) is 11.3. The molecular formula is C42H46FeN4O16. The van der Waals surface area contributed by atoms with Crippen LogP contribution in [0.25, 0.3) is 28.9 Å². The minimum absolute atomic E-state index is 0. The Bertz CT molecular complexity index is 2400. The molecule has 5 heterocycles. The SMILES string of the molecule is C[C@@]1(CC(=O)O)/C2=C/[C@H]3[N-]C(/C=c4\[n-]/c(c(CCC(=O)O)c4CC(=O)O)=C\c4[n-]c(c(CC(=O)O)c4CCC(=O)O)/C=C(\[N-]2)[C@H]1CCC(=O)O)[C@@](C)(CC(=O)O)[C@@H]3CCC(=O)O.[Fe+4]. The van der Waals surface area contributed by atoms with E-state index in [9.17, 15) is 79.2 Å². The average Bonchev–Trinajstić information content (AvgIpc) is 3.77. The predicted molar refractivity (Wildman–Crippen MR) is 213 cm³/mol. The number of carboxylic acid groups (broad SMARTS) is 8. The molecule has 0 aliphatic carbocycles. The number of nitrogens with zero attached hydrogens (tertiary/aromatic N) is 4. The van der Waals surface area contributed by atoms with Gasteiger partial charge in [0.05, 0.1) is 19.3 Å². The maximum Gasteiger partial charge on any atom is 4.00 e. The minimum Gasteiger partial charge on any atom is -0.664 e. The Morgan fingerprint density at radius 1 is 0.571 bits per heavy atom. The van der Waals surface area contributed by atoms with Gasteiger partial charge in [0.15, 0.2) is 0 Å². The van der Waals surface area contributed by atoms with E-state index in [-0.39, 0.29) is 98.5 Å². The molecule has 21 heteroatoms. The second kappa shape index (κ2) is 19.9. The standard InChI is InChI=1S/C42H46N4O16.Fe/c1-41(17-39(59)60)23(5-9-35(51)52)29-14-27-21(11-37(55)56)19(3-7-33(47)48)25(43-27)13-26-20(4-8-34(49)50)22(12-38(57)58)28(44-26)15-31-42(2,18-40(61)62)24(6-10-36(53)54)30(46-31)16-32(41)45-29;/h13-16,23-24,30-31H,3-12,17-18H2,1-2H3,(H,47,48)(H,49,50)(H,51,52)(H,53,54)(H,55,56)(H,57,58)(H,59,60)(H,61,62);/q-4;+4/b26-13-,28-15-,29-14-,32-16-;/t23-,24-,30-,31?,41+,42+;/m1./s1. The average molecular weight is 919 g/mol. The van der Waals surface area contributed by atoms with Gasteiger partial charge in [-0.15, -0.1) is 46.3 Å². The van der Waals surface area contributed by atoms with Crippen LogP contribution in [-0.2, 0) is 81.1 Å². The molecular weight excluding hydrogens is 872 g/mol. The van der Waals surface area contributed by atoms with Crippen molar-refractivity contribution in [2.45, 2.75) is 103 Å². The summed E-state index contributed by atoms with van der Waals surface area (Å²) in [6.45, 7) is 3.14. The van der Waals surface area contributed by atoms with Gasteiger partial charge < -0.3 is 61.5 Å². The maximum atomic E-state index is 12.6. The summed E-state index contributed by atoms with van der Waals surface area (Å²) in [6.07, 6.45) is 0.438. The molecule has 0 saturated carbocycles. The largest absolute Gasteiger partial charge is 4.00 e. The van der Waals surface area contributed by atoms with E-state index >= 15 is 0 Å². The number of allylic oxidation sites excluding steroid dienone is 2. The third-order valence-electron chi connectivity index (χ3n) is 12.1. The zero-order chi connectivity index (χ0) is 45.8. The number of aliphatic carboxylic acids is 8. The van der Waals surface area contributed by atoms with E-state index < -0.39 is 134 Å². The number of aromatic nitrogens is 2. The summed E-state index contributed by atoms with van der Waals surface area (Å²) in [4.78, 5) is 107. The van der Waals surface area contributed by atoms with Crippen molar-refractivity contribution < 1.29 is 96.3 Å². The molecule has 63 heavy (non-hydrogen) atoms. The molecule has 338 valence electrons. The summed E-state index contributed by atoms with van der Waals surface area (Å²) in [5, 5.41) is 89.5. The maximum absolute atomic E-state index is 12.6. The van der Waals surface area contributed by atoms with Crippen molar-refractivity contribution in [3.8, 4) is 0 Å². The molecule has 3 aliphatic rings. The number of hydrogen-bond acceptors (Lipinski definition) is 8. The van der Waals surface area contributed by atoms with Gasteiger partial charge in [0, 0.05) is 32.1 Å². The van der Waals surface area contributed by atoms with E-state index in [1.807, 2.05) is 0 Å². The molecule has 20 nitrogen and oxygen atoms in total. The van der Waals surface area contributed by atoms with Gasteiger partial charge in [-0.1, -0.05) is 42.7 Å². The van der Waals surface area contributed by atoms with E-state index in [1.54, 1.807) is 13.8 Å². The second-order valence-corrected chi connectivity index (χ2v) is 16.3. The summed E-state index contributed by atoms with van der Waals surface area (Å²) < 4.78 is 0. The summed E-state index contributed by atoms with van der Waals surface area (Å²) in [6, 6.07) is -2.18. The predicted octanol–water partition coefficient (Wildman–Crippen LogP) is 2.17. The van der Waals surface area contributed by atoms with Crippen molar-refractivity contribution in [1.29, 1.82) is 0 Å². The van der Waals surface area contributed by atoms with Crippen molar-refractivity contribution in [2.24, 2.45) is 22.7 Å². The number of hydrogen-bond donors (Lipinski definition) is 8. The van der Waals surface area contributed by atoms with Crippen molar-refractivity contribution in [3.63, 3.8) is 0 Å². The van der Waals surface area contributed by atoms with Crippen LogP contribution in [0.5, 0.6) is 0 Å². The van der Waals surface area contributed by atoms with Crippen molar-refractivity contribution >= 4 is 66.0 Å². The first-order valence-corrected chi connectivity index (χ1v) is 19.7. The first-order valence-electron chi connectivity index (χ1n) is 19.7. The van der Waals surface area contributed by atoms with E-state index in [0.29, 0.717) is 0 Å². The van der Waals surface area contributed by atoms with Crippen LogP contribution in [0.2, 0.25) is 0 Å². The first-order chi connectivity index (χ1) is 29.0. The van der Waals surface area contributed by atoms with Crippen molar-refractivity contribution in [2.75, 3.05) is 0 Å². The monoisotopic (exact) mass is 918 g/mol. The molecule has 0 radical (unpaired) electrons. The Kier molecular flexibility index (Phi) is 15.6. The summed E-state index contributed by atoms with van der Waals surface area (Å²) in [5.74, 6) is -12.0. The molecule has 2 aromatic heterocycles. The van der Waals surface area contributed by atoms with Crippen LogP contribution < -0.4 is 20.7 Å². The van der Waals surface area contributed by atoms with Crippen LogP contribution in [0.4, 0.5) is 0 Å². The van der Waals surface area contributed by atoms with E-state index in [0.717, 1.165) is 0 Å². The molecule has 0 amide bonds. The molecule has 0 spiro atoms. The smallest absolute Gasteiger partial charge is 0.664 e. The summed E-state index contributed by atoms with van der Waals surface area (Å²) in [5.41, 5.74) is -2.29. The molecule has 5 rings (SSSR count). The van der Waals surface area contributed by atoms with Gasteiger partial charge in [-0.25, -0.2) is 0 Å². The summed E-state index contributed by atoms with van der Waals surface area (Å²) >= 11 is 0. The van der Waals surface area contributed by atoms with Crippen LogP contribution in [-0.4, -0.2) is 101 Å². The van der Waals surface area contributed by atoms with Gasteiger partial charge in [0.25, 0.3) is 0 Å². The normalized spacial score (nSPS) is 26.2. The van der Waals surface area contributed by atoms with E-state index in [1.165, 1.54) is 24.3 Å². The molecule has 6 atom stereocenters. The van der Waals surface area contributed by atoms with Crippen LogP contribution in [0.3, 0.4) is 0 Å². The molecule has 2 saturated heterocycles. The van der Waals surface area contributed by atoms with Gasteiger partial charge in [-0.2, -0.15) is 11.4 Å². The number of carboxylic acids is 8. The Balaban J connectivity index is 0.00000871. The van der Waals surface area contributed by atoms with Crippen molar-refractivity contribution in [3.05, 3.63) is 72.4 Å². The Hall–Kier alpha value is -6.18. The van der Waals surface area contributed by atoms with Gasteiger partial charge in [0.2, 0.25) is 0 Å². The fraction of sp³-hybridized carbons (Fsp3) is 0.476. The van der Waals surface area contributed by atoms with Crippen LogP contribution in [0.15, 0.2) is 17.5 Å². The first kappa shape index (κ1) is 49.5. The Labute approximate surface area is 369 Å². The number of carbonyl (C=O) groups is 8. The van der Waals surface area contributed by atoms with E-state index in [2.05, 4.69) is 0 Å². The van der Waals surface area contributed by atoms with Gasteiger partial charge in [0.1, 0.15) is 0 Å². The Morgan fingerprint density at radius 2 is 1.11 bits per heavy atom. The number of fused-ring (bicyclic) bond motifs is 8. The minimum atomic E-state index is -1.48. The molecule has 0 aromatic carbocycles. The van der Waals surface area contributed by atoms with Gasteiger partial charge in [-0.3, -0.25) is 38.4 Å². The summed E-state index contributed by atoms with van der Waals surface area (Å²) in [7, 11) is 0. The molecule has 3 aliphatic heterocycles. The van der Waals surface area contributed by atoms with Gasteiger partial charge in [-0.05, 0) is 53.9 Å².